The first kappa shape index (κ1) is 22.1. The van der Waals surface area contributed by atoms with E-state index in [-0.39, 0.29) is 24.5 Å². The molecule has 6 rings (SSSR count). The van der Waals surface area contributed by atoms with Gasteiger partial charge in [0.1, 0.15) is 6.54 Å². The normalized spacial score (nSPS) is 24.4. The van der Waals surface area contributed by atoms with Gasteiger partial charge in [0.2, 0.25) is 5.60 Å². The SMILES string of the molecule is O=C(C[N+]12CCC(CC1)C(OC(=O)C(O)(c1cccs1)c1cccs1)C2)Nc1cnccn1. The summed E-state index contributed by atoms with van der Waals surface area (Å²) in [6.07, 6.45) is 6.03. The quantitative estimate of drug-likeness (QED) is 0.394. The minimum atomic E-state index is -1.82. The highest BCUT2D eigenvalue weighted by Crippen LogP contribution is 2.40. The number of amides is 1. The van der Waals surface area contributed by atoms with Gasteiger partial charge in [0.05, 0.1) is 29.0 Å². The Morgan fingerprint density at radius 3 is 2.42 bits per heavy atom. The molecule has 3 saturated heterocycles. The second-order valence-corrected chi connectivity index (χ2v) is 10.6. The Bertz CT molecular complexity index is 1060. The first-order valence-electron chi connectivity index (χ1n) is 10.9. The number of quaternary nitrogens is 1. The van der Waals surface area contributed by atoms with E-state index in [0.717, 1.165) is 25.9 Å². The molecule has 1 amide bonds. The van der Waals surface area contributed by atoms with Crippen molar-refractivity contribution in [1.29, 1.82) is 0 Å². The fraction of sp³-hybridized carbons (Fsp3) is 0.391. The van der Waals surface area contributed by atoms with Gasteiger partial charge in [-0.2, -0.15) is 0 Å². The van der Waals surface area contributed by atoms with Crippen molar-refractivity contribution in [1.82, 2.24) is 9.97 Å². The van der Waals surface area contributed by atoms with Crippen LogP contribution in [-0.4, -0.2) is 63.7 Å². The number of rotatable bonds is 7. The minimum absolute atomic E-state index is 0.130. The molecule has 0 spiro atoms. The number of hydrogen-bond donors (Lipinski definition) is 2. The molecule has 10 heteroatoms. The molecule has 3 fully saturated rings. The van der Waals surface area contributed by atoms with Gasteiger partial charge in [-0.1, -0.05) is 12.1 Å². The molecule has 1 unspecified atom stereocenters. The summed E-state index contributed by atoms with van der Waals surface area (Å²) in [6, 6.07) is 7.14. The molecule has 0 saturated carbocycles. The zero-order valence-corrected chi connectivity index (χ0v) is 19.6. The molecule has 0 radical (unpaired) electrons. The summed E-state index contributed by atoms with van der Waals surface area (Å²) in [5, 5.41) is 18.0. The molecule has 2 N–H and O–H groups in total. The van der Waals surface area contributed by atoms with Crippen LogP contribution in [0.1, 0.15) is 22.6 Å². The molecule has 1 atom stereocenters. The van der Waals surface area contributed by atoms with E-state index >= 15 is 0 Å². The van der Waals surface area contributed by atoms with Gasteiger partial charge in [0.15, 0.2) is 18.5 Å². The fourth-order valence-corrected chi connectivity index (χ4v) is 6.66. The van der Waals surface area contributed by atoms with Gasteiger partial charge in [0.25, 0.3) is 5.91 Å². The van der Waals surface area contributed by atoms with Crippen molar-refractivity contribution in [2.75, 3.05) is 31.5 Å². The molecule has 3 aliphatic heterocycles. The molecule has 172 valence electrons. The molecule has 2 bridgehead atoms. The minimum Gasteiger partial charge on any atom is -0.453 e. The first-order valence-corrected chi connectivity index (χ1v) is 12.7. The fourth-order valence-electron chi connectivity index (χ4n) is 4.94. The zero-order chi connectivity index (χ0) is 22.9. The number of anilines is 1. The Morgan fingerprint density at radius 2 is 1.85 bits per heavy atom. The lowest BCUT2D eigenvalue weighted by Crippen LogP contribution is -2.66. The van der Waals surface area contributed by atoms with Gasteiger partial charge in [-0.15, -0.1) is 22.7 Å². The molecule has 33 heavy (non-hydrogen) atoms. The van der Waals surface area contributed by atoms with Crippen molar-refractivity contribution in [3.63, 3.8) is 0 Å². The predicted octanol–water partition coefficient (Wildman–Crippen LogP) is 2.63. The van der Waals surface area contributed by atoms with Gasteiger partial charge in [-0.05, 0) is 22.9 Å². The Morgan fingerprint density at radius 1 is 1.15 bits per heavy atom. The van der Waals surface area contributed by atoms with Crippen LogP contribution in [0.2, 0.25) is 0 Å². The lowest BCUT2D eigenvalue weighted by Gasteiger charge is -2.51. The van der Waals surface area contributed by atoms with E-state index in [1.54, 1.807) is 18.3 Å². The maximum absolute atomic E-state index is 13.4. The van der Waals surface area contributed by atoms with Gasteiger partial charge in [-0.25, -0.2) is 9.78 Å². The van der Waals surface area contributed by atoms with E-state index in [1.165, 1.54) is 35.1 Å². The second-order valence-electron chi connectivity index (χ2n) is 8.71. The second kappa shape index (κ2) is 8.94. The van der Waals surface area contributed by atoms with E-state index < -0.39 is 11.6 Å². The Balaban J connectivity index is 1.31. The third kappa shape index (κ3) is 4.31. The predicted molar refractivity (Wildman–Crippen MR) is 125 cm³/mol. The lowest BCUT2D eigenvalue weighted by molar-refractivity contribution is -0.939. The smallest absolute Gasteiger partial charge is 0.349 e. The first-order chi connectivity index (χ1) is 16.0. The number of nitrogens with zero attached hydrogens (tertiary/aromatic N) is 3. The van der Waals surface area contributed by atoms with Crippen molar-refractivity contribution >= 4 is 40.4 Å². The molecule has 3 aromatic rings. The van der Waals surface area contributed by atoms with Crippen LogP contribution in [0, 0.1) is 5.92 Å². The number of carbonyl (C=O) groups is 2. The van der Waals surface area contributed by atoms with Crippen molar-refractivity contribution in [2.45, 2.75) is 24.5 Å². The number of esters is 1. The van der Waals surface area contributed by atoms with Crippen LogP contribution in [0.25, 0.3) is 0 Å². The topological polar surface area (TPSA) is 101 Å². The third-order valence-electron chi connectivity index (χ3n) is 6.66. The van der Waals surface area contributed by atoms with Crippen LogP contribution in [0.5, 0.6) is 0 Å². The molecule has 0 aromatic carbocycles. The third-order valence-corrected chi connectivity index (χ3v) is 8.62. The van der Waals surface area contributed by atoms with Crippen molar-refractivity contribution in [2.24, 2.45) is 5.92 Å². The molecule has 3 aromatic heterocycles. The molecule has 3 aliphatic rings. The van der Waals surface area contributed by atoms with Crippen LogP contribution < -0.4 is 5.32 Å². The molecule has 0 aliphatic carbocycles. The Kier molecular flexibility index (Phi) is 6.00. The van der Waals surface area contributed by atoms with E-state index in [0.29, 0.717) is 26.6 Å². The maximum Gasteiger partial charge on any atom is 0.349 e. The number of fused-ring (bicyclic) bond motifs is 3. The number of ether oxygens (including phenoxy) is 1. The van der Waals surface area contributed by atoms with E-state index in [1.807, 2.05) is 22.9 Å². The standard InChI is InChI=1S/C23H24N4O4S2/c28-21(26-20-13-24-7-8-25-20)15-27-9-5-16(6-10-27)17(14-27)31-22(29)23(30,18-3-1-11-32-18)19-4-2-12-33-19/h1-4,7-8,11-13,16-17,30H,5-6,9-10,14-15H2/p+1. The van der Waals surface area contributed by atoms with Gasteiger partial charge >= 0.3 is 5.97 Å². The molecule has 8 nitrogen and oxygen atoms in total. The van der Waals surface area contributed by atoms with Crippen LogP contribution in [0.15, 0.2) is 53.6 Å². The van der Waals surface area contributed by atoms with Crippen LogP contribution in [-0.2, 0) is 19.9 Å². The molecular weight excluding hydrogens is 460 g/mol. The summed E-state index contributed by atoms with van der Waals surface area (Å²) in [5.41, 5.74) is -1.82. The van der Waals surface area contributed by atoms with Gasteiger partial charge in [-0.3, -0.25) is 9.78 Å². The highest BCUT2D eigenvalue weighted by atomic mass is 32.1. The van der Waals surface area contributed by atoms with Crippen LogP contribution in [0.4, 0.5) is 5.82 Å². The summed E-state index contributed by atoms with van der Waals surface area (Å²) in [4.78, 5) is 35.3. The summed E-state index contributed by atoms with van der Waals surface area (Å²) in [7, 11) is 0. The number of thiophene rings is 2. The number of piperidine rings is 3. The summed E-state index contributed by atoms with van der Waals surface area (Å²) < 4.78 is 6.58. The largest absolute Gasteiger partial charge is 0.453 e. The number of nitrogens with one attached hydrogen (secondary N) is 1. The van der Waals surface area contributed by atoms with Crippen LogP contribution in [0.3, 0.4) is 0 Å². The number of carbonyl (C=O) groups excluding carboxylic acids is 2. The van der Waals surface area contributed by atoms with E-state index in [2.05, 4.69) is 15.3 Å². The van der Waals surface area contributed by atoms with Crippen LogP contribution >= 0.6 is 22.7 Å². The summed E-state index contributed by atoms with van der Waals surface area (Å²) in [5.74, 6) is -0.108. The highest BCUT2D eigenvalue weighted by molar-refractivity contribution is 7.12. The summed E-state index contributed by atoms with van der Waals surface area (Å²) >= 11 is 2.66. The molecular formula is C23H25N4O4S2+. The van der Waals surface area contributed by atoms with Crippen molar-refractivity contribution in [3.05, 3.63) is 63.4 Å². The lowest BCUT2D eigenvalue weighted by atomic mass is 9.83. The van der Waals surface area contributed by atoms with Gasteiger partial charge < -0.3 is 19.6 Å². The highest BCUT2D eigenvalue weighted by Gasteiger charge is 2.51. The zero-order valence-electron chi connectivity index (χ0n) is 17.9. The monoisotopic (exact) mass is 485 g/mol. The average molecular weight is 486 g/mol. The number of aliphatic hydroxyl groups is 1. The van der Waals surface area contributed by atoms with Crippen molar-refractivity contribution < 1.29 is 23.9 Å². The van der Waals surface area contributed by atoms with E-state index in [4.69, 9.17) is 4.74 Å². The van der Waals surface area contributed by atoms with Crippen molar-refractivity contribution in [3.8, 4) is 0 Å². The molecule has 6 heterocycles. The average Bonchev–Trinajstić information content (AvgIpc) is 3.54. The number of aromatic nitrogens is 2. The maximum atomic E-state index is 13.4. The summed E-state index contributed by atoms with van der Waals surface area (Å²) in [6.45, 7) is 2.59. The Hall–Kier alpha value is -2.66. The van der Waals surface area contributed by atoms with E-state index in [9.17, 15) is 14.7 Å². The van der Waals surface area contributed by atoms with Gasteiger partial charge in [0, 0.05) is 31.2 Å². The number of hydrogen-bond acceptors (Lipinski definition) is 8. The Labute approximate surface area is 199 Å².